The summed E-state index contributed by atoms with van der Waals surface area (Å²) in [6.07, 6.45) is -2.56. The highest BCUT2D eigenvalue weighted by molar-refractivity contribution is 6.23. The van der Waals surface area contributed by atoms with Gasteiger partial charge in [-0.3, -0.25) is 0 Å². The van der Waals surface area contributed by atoms with Gasteiger partial charge in [-0.25, -0.2) is 14.4 Å². The molecule has 0 spiro atoms. The predicted molar refractivity (Wildman–Crippen MR) is 128 cm³/mol. The number of hydrogen-bond acceptors (Lipinski definition) is 9. The Morgan fingerprint density at radius 3 is 2.11 bits per heavy atom. The molecule has 1 aromatic carbocycles. The van der Waals surface area contributed by atoms with Crippen molar-refractivity contribution in [1.29, 1.82) is 0 Å². The largest absolute Gasteiger partial charge is 0.483 e. The number of aliphatic hydroxyl groups is 2. The quantitative estimate of drug-likeness (QED) is 0.328. The molecule has 1 aliphatic heterocycles. The predicted octanol–water partition coefficient (Wildman–Crippen LogP) is 3.22. The molecular weight excluding hydrogens is 503 g/mol. The zero-order valence-electron chi connectivity index (χ0n) is 20.1. The van der Waals surface area contributed by atoms with Gasteiger partial charge in [0.25, 0.3) is 0 Å². The van der Waals surface area contributed by atoms with Crippen molar-refractivity contribution >= 4 is 46.1 Å². The standard InChI is InChI=1S/C24H28Cl2O9/c1-11(25)23(5,30)20(28)33-18-14-9-13-7-8-17(27)32-15(13)10-16(14)35-22(3,4)19(18)34-21(29)24(6,31)12(2)26/h7-12,18-19,30-31H,1-6H3. The lowest BCUT2D eigenvalue weighted by Gasteiger charge is -2.44. The van der Waals surface area contributed by atoms with Crippen molar-refractivity contribution in [3.8, 4) is 5.75 Å². The van der Waals surface area contributed by atoms with Crippen molar-refractivity contribution in [3.63, 3.8) is 0 Å². The highest BCUT2D eigenvalue weighted by Crippen LogP contribution is 2.46. The fourth-order valence-corrected chi connectivity index (χ4v) is 3.60. The summed E-state index contributed by atoms with van der Waals surface area (Å²) in [6, 6.07) is 5.76. The van der Waals surface area contributed by atoms with Crippen LogP contribution in [0.25, 0.3) is 11.0 Å². The van der Waals surface area contributed by atoms with Crippen molar-refractivity contribution < 1.29 is 38.4 Å². The smallest absolute Gasteiger partial charge is 0.340 e. The molecular formula is C24H28Cl2O9. The molecule has 2 N–H and O–H groups in total. The Kier molecular flexibility index (Phi) is 7.23. The summed E-state index contributed by atoms with van der Waals surface area (Å²) < 4.78 is 22.6. The average molecular weight is 531 g/mol. The van der Waals surface area contributed by atoms with Crippen LogP contribution in [0.2, 0.25) is 0 Å². The van der Waals surface area contributed by atoms with Gasteiger partial charge in [0.1, 0.15) is 16.9 Å². The molecule has 1 aliphatic rings. The Labute approximate surface area is 211 Å². The molecule has 2 heterocycles. The van der Waals surface area contributed by atoms with Crippen LogP contribution in [0.15, 0.2) is 33.5 Å². The summed E-state index contributed by atoms with van der Waals surface area (Å²) in [4.78, 5) is 37.5. The number of carbonyl (C=O) groups excluding carboxylic acids is 2. The maximum atomic E-state index is 13.0. The van der Waals surface area contributed by atoms with E-state index >= 15 is 0 Å². The Morgan fingerprint density at radius 1 is 1.03 bits per heavy atom. The van der Waals surface area contributed by atoms with Gasteiger partial charge in [0.2, 0.25) is 0 Å². The van der Waals surface area contributed by atoms with Gasteiger partial charge >= 0.3 is 17.6 Å². The molecule has 11 heteroatoms. The molecule has 9 nitrogen and oxygen atoms in total. The molecule has 6 atom stereocenters. The molecule has 3 rings (SSSR count). The number of ether oxygens (including phenoxy) is 3. The van der Waals surface area contributed by atoms with E-state index in [1.807, 2.05) is 0 Å². The van der Waals surface area contributed by atoms with Gasteiger partial charge < -0.3 is 28.8 Å². The molecule has 1 aromatic heterocycles. The van der Waals surface area contributed by atoms with Crippen LogP contribution in [0.4, 0.5) is 0 Å². The lowest BCUT2D eigenvalue weighted by Crippen LogP contribution is -2.56. The Balaban J connectivity index is 2.16. The number of fused-ring (bicyclic) bond motifs is 2. The minimum atomic E-state index is -2.07. The van der Waals surface area contributed by atoms with Gasteiger partial charge in [-0.2, -0.15) is 0 Å². The summed E-state index contributed by atoms with van der Waals surface area (Å²) >= 11 is 12.0. The lowest BCUT2D eigenvalue weighted by atomic mass is 9.87. The van der Waals surface area contributed by atoms with Crippen LogP contribution < -0.4 is 10.4 Å². The van der Waals surface area contributed by atoms with E-state index in [1.54, 1.807) is 19.9 Å². The molecule has 192 valence electrons. The zero-order chi connectivity index (χ0) is 26.5. The molecule has 6 unspecified atom stereocenters. The third-order valence-corrected chi connectivity index (χ3v) is 7.08. The lowest BCUT2D eigenvalue weighted by molar-refractivity contribution is -0.208. The van der Waals surface area contributed by atoms with E-state index in [9.17, 15) is 24.6 Å². The van der Waals surface area contributed by atoms with E-state index in [0.717, 1.165) is 0 Å². The third kappa shape index (κ3) is 5.14. The molecule has 0 aliphatic carbocycles. The number of benzene rings is 1. The van der Waals surface area contributed by atoms with Crippen molar-refractivity contribution in [2.45, 2.75) is 81.3 Å². The van der Waals surface area contributed by atoms with E-state index in [2.05, 4.69) is 0 Å². The highest BCUT2D eigenvalue weighted by atomic mass is 35.5. The highest BCUT2D eigenvalue weighted by Gasteiger charge is 2.52. The Bertz CT molecular complexity index is 1200. The van der Waals surface area contributed by atoms with Crippen LogP contribution in [0.3, 0.4) is 0 Å². The van der Waals surface area contributed by atoms with Gasteiger partial charge in [0.05, 0.1) is 10.8 Å². The first-order valence-corrected chi connectivity index (χ1v) is 11.8. The maximum Gasteiger partial charge on any atom is 0.340 e. The minimum Gasteiger partial charge on any atom is -0.483 e. The maximum absolute atomic E-state index is 13.0. The molecule has 0 saturated carbocycles. The normalized spacial score (nSPS) is 24.2. The van der Waals surface area contributed by atoms with E-state index in [-0.39, 0.29) is 16.9 Å². The summed E-state index contributed by atoms with van der Waals surface area (Å²) in [6.45, 7) is 8.43. The number of rotatable bonds is 6. The average Bonchev–Trinajstić information content (AvgIpc) is 2.73. The van der Waals surface area contributed by atoms with Gasteiger partial charge in [0.15, 0.2) is 23.4 Å². The van der Waals surface area contributed by atoms with Crippen LogP contribution in [0, 0.1) is 0 Å². The van der Waals surface area contributed by atoms with Crippen LogP contribution >= 0.6 is 23.2 Å². The van der Waals surface area contributed by atoms with Crippen molar-refractivity contribution in [1.82, 2.24) is 0 Å². The summed E-state index contributed by atoms with van der Waals surface area (Å²) in [5, 5.41) is 19.6. The Morgan fingerprint density at radius 2 is 1.57 bits per heavy atom. The van der Waals surface area contributed by atoms with E-state index in [4.69, 9.17) is 41.8 Å². The summed E-state index contributed by atoms with van der Waals surface area (Å²) in [5.41, 5.74) is -5.48. The first kappa shape index (κ1) is 27.3. The number of hydrogen-bond donors (Lipinski definition) is 2. The van der Waals surface area contributed by atoms with Crippen LogP contribution in [0.1, 0.15) is 53.2 Å². The monoisotopic (exact) mass is 530 g/mol. The van der Waals surface area contributed by atoms with Gasteiger partial charge in [-0.15, -0.1) is 23.2 Å². The first-order valence-electron chi connectivity index (χ1n) is 10.9. The SMILES string of the molecule is CC(Cl)C(C)(O)C(=O)OC1c2cc3ccc(=O)oc3cc2OC(C)(C)C1OC(=O)C(C)(O)C(C)Cl. The molecule has 35 heavy (non-hydrogen) atoms. The molecule has 0 saturated heterocycles. The zero-order valence-corrected chi connectivity index (χ0v) is 21.6. The topological polar surface area (TPSA) is 132 Å². The second-order valence-corrected chi connectivity index (χ2v) is 10.9. The van der Waals surface area contributed by atoms with E-state index < -0.39 is 57.3 Å². The van der Waals surface area contributed by atoms with Crippen molar-refractivity contribution in [2.24, 2.45) is 0 Å². The number of esters is 2. The third-order valence-electron chi connectivity index (χ3n) is 6.24. The number of alkyl halides is 2. The molecule has 0 radical (unpaired) electrons. The summed E-state index contributed by atoms with van der Waals surface area (Å²) in [5.74, 6) is -1.92. The fourth-order valence-electron chi connectivity index (χ4n) is 3.42. The van der Waals surface area contributed by atoms with Gasteiger partial charge in [-0.1, -0.05) is 0 Å². The second kappa shape index (κ2) is 9.28. The minimum absolute atomic E-state index is 0.206. The number of carbonyl (C=O) groups is 2. The molecule has 0 fully saturated rings. The van der Waals surface area contributed by atoms with E-state index in [0.29, 0.717) is 5.39 Å². The first-order chi connectivity index (χ1) is 16.0. The molecule has 0 amide bonds. The van der Waals surface area contributed by atoms with Crippen molar-refractivity contribution in [2.75, 3.05) is 0 Å². The van der Waals surface area contributed by atoms with Gasteiger partial charge in [0, 0.05) is 23.1 Å². The van der Waals surface area contributed by atoms with Crippen LogP contribution in [0.5, 0.6) is 5.75 Å². The fraction of sp³-hybridized carbons (Fsp3) is 0.542. The Hall–Kier alpha value is -2.33. The van der Waals surface area contributed by atoms with E-state index in [1.165, 1.54) is 45.9 Å². The molecule has 2 aromatic rings. The van der Waals surface area contributed by atoms with Crippen LogP contribution in [-0.4, -0.2) is 55.8 Å². The van der Waals surface area contributed by atoms with Gasteiger partial charge in [-0.05, 0) is 53.7 Å². The van der Waals surface area contributed by atoms with Crippen LogP contribution in [-0.2, 0) is 19.1 Å². The second-order valence-electron chi connectivity index (χ2n) is 9.57. The van der Waals surface area contributed by atoms with Crippen molar-refractivity contribution in [3.05, 3.63) is 40.2 Å². The number of halogens is 2. The summed E-state index contributed by atoms with van der Waals surface area (Å²) in [7, 11) is 0. The molecule has 0 bridgehead atoms.